The van der Waals surface area contributed by atoms with Crippen molar-refractivity contribution in [3.8, 4) is 0 Å². The summed E-state index contributed by atoms with van der Waals surface area (Å²) in [5.41, 5.74) is 3.08. The van der Waals surface area contributed by atoms with Crippen LogP contribution in [-0.2, 0) is 15.6 Å². The third-order valence-electron chi connectivity index (χ3n) is 6.28. The molecule has 0 fully saturated rings. The van der Waals surface area contributed by atoms with Gasteiger partial charge in [-0.05, 0) is 41.4 Å². The third kappa shape index (κ3) is 2.82. The lowest BCUT2D eigenvalue weighted by molar-refractivity contribution is 0.0429. The van der Waals surface area contributed by atoms with Crippen LogP contribution in [0.25, 0.3) is 11.0 Å². The highest BCUT2D eigenvalue weighted by atomic mass is 16.5. The predicted molar refractivity (Wildman–Crippen MR) is 107 cm³/mol. The van der Waals surface area contributed by atoms with Crippen LogP contribution in [0.1, 0.15) is 62.0 Å². The van der Waals surface area contributed by atoms with E-state index >= 15 is 0 Å². The van der Waals surface area contributed by atoms with Crippen LogP contribution in [-0.4, -0.2) is 37.4 Å². The van der Waals surface area contributed by atoms with Gasteiger partial charge in [0.25, 0.3) is 0 Å². The molecule has 150 valence electrons. The molecule has 1 aromatic heterocycles. The zero-order chi connectivity index (χ0) is 20.3. The van der Waals surface area contributed by atoms with Crippen molar-refractivity contribution in [3.63, 3.8) is 0 Å². The van der Waals surface area contributed by atoms with Crippen molar-refractivity contribution in [2.45, 2.75) is 51.4 Å². The van der Waals surface area contributed by atoms with E-state index in [1.54, 1.807) is 6.07 Å². The number of aliphatic hydroxyl groups is 1. The minimum absolute atomic E-state index is 0.00408. The summed E-state index contributed by atoms with van der Waals surface area (Å²) in [5.74, 6) is -0.767. The van der Waals surface area contributed by atoms with Crippen LogP contribution < -0.4 is 10.5 Å². The third-order valence-corrected chi connectivity index (χ3v) is 6.28. The molecule has 2 aliphatic rings. The summed E-state index contributed by atoms with van der Waals surface area (Å²) in [6.45, 7) is 10.4. The van der Waals surface area contributed by atoms with E-state index in [1.807, 2.05) is 0 Å². The Bertz CT molecular complexity index is 1020. The van der Waals surface area contributed by atoms with Crippen molar-refractivity contribution >= 4 is 22.6 Å². The Hall–Kier alpha value is -2.34. The maximum atomic E-state index is 12.6. The van der Waals surface area contributed by atoms with Crippen LogP contribution in [0, 0.1) is 0 Å². The maximum absolute atomic E-state index is 12.6. The van der Waals surface area contributed by atoms with Crippen molar-refractivity contribution in [1.29, 1.82) is 0 Å². The maximum Gasteiger partial charge on any atom is 0.351 e. The van der Waals surface area contributed by atoms with E-state index in [0.29, 0.717) is 5.58 Å². The van der Waals surface area contributed by atoms with E-state index in [0.717, 1.165) is 36.9 Å². The largest absolute Gasteiger partial charge is 0.459 e. The Kier molecular flexibility index (Phi) is 4.30. The number of carbonyl (C=O) groups is 1. The summed E-state index contributed by atoms with van der Waals surface area (Å²) >= 11 is 0. The summed E-state index contributed by atoms with van der Waals surface area (Å²) in [7, 11) is 0. The molecule has 6 heteroatoms. The van der Waals surface area contributed by atoms with E-state index in [4.69, 9.17) is 14.3 Å². The minimum atomic E-state index is -0.767. The number of hydrogen-bond donors (Lipinski definition) is 1. The monoisotopic (exact) mass is 385 g/mol. The van der Waals surface area contributed by atoms with Gasteiger partial charge >= 0.3 is 11.6 Å². The first-order valence-corrected chi connectivity index (χ1v) is 9.84. The quantitative estimate of drug-likeness (QED) is 0.646. The van der Waals surface area contributed by atoms with Crippen molar-refractivity contribution in [1.82, 2.24) is 0 Å². The first-order chi connectivity index (χ1) is 13.2. The molecule has 2 aromatic rings. The first-order valence-electron chi connectivity index (χ1n) is 9.84. The molecule has 0 amide bonds. The molecule has 0 aliphatic carbocycles. The molecular weight excluding hydrogens is 358 g/mol. The van der Waals surface area contributed by atoms with E-state index in [-0.39, 0.29) is 29.6 Å². The Balaban J connectivity index is 2.02. The molecule has 4 rings (SSSR count). The van der Waals surface area contributed by atoms with Gasteiger partial charge in [-0.3, -0.25) is 0 Å². The fourth-order valence-electron chi connectivity index (χ4n) is 4.51. The molecule has 0 unspecified atom stereocenters. The normalized spacial score (nSPS) is 19.4. The van der Waals surface area contributed by atoms with Gasteiger partial charge in [-0.15, -0.1) is 0 Å². The second kappa shape index (κ2) is 6.34. The zero-order valence-corrected chi connectivity index (χ0v) is 16.9. The van der Waals surface area contributed by atoms with Gasteiger partial charge in [0.15, 0.2) is 0 Å². The van der Waals surface area contributed by atoms with Crippen LogP contribution in [0.5, 0.6) is 0 Å². The molecule has 0 saturated carbocycles. The molecule has 6 nitrogen and oxygen atoms in total. The molecule has 0 bridgehead atoms. The summed E-state index contributed by atoms with van der Waals surface area (Å²) in [6.07, 6.45) is 2.02. The number of anilines is 1. The Morgan fingerprint density at radius 2 is 1.86 bits per heavy atom. The smallest absolute Gasteiger partial charge is 0.351 e. The minimum Gasteiger partial charge on any atom is -0.459 e. The molecule has 0 radical (unpaired) electrons. The van der Waals surface area contributed by atoms with Crippen LogP contribution in [0.15, 0.2) is 21.3 Å². The highest BCUT2D eigenvalue weighted by Crippen LogP contribution is 2.51. The van der Waals surface area contributed by atoms with E-state index in [2.05, 4.69) is 38.7 Å². The second-order valence-corrected chi connectivity index (χ2v) is 9.13. The topological polar surface area (TPSA) is 80.0 Å². The number of ether oxygens (including phenoxy) is 1. The standard InChI is InChI=1S/C22H27NO5/c1-21(2)5-7-23-8-6-22(3,4)16-17(23)15(21)12-13-11-14(19(25)27-10-9-24)20(26)28-18(13)16/h11-12,24H,5-10H2,1-4H3. The van der Waals surface area contributed by atoms with Crippen molar-refractivity contribution < 1.29 is 19.1 Å². The molecule has 2 aliphatic heterocycles. The molecule has 1 N–H and O–H groups in total. The fraction of sp³-hybridized carbons (Fsp3) is 0.545. The number of benzene rings is 1. The number of esters is 1. The Morgan fingerprint density at radius 1 is 1.18 bits per heavy atom. The van der Waals surface area contributed by atoms with Crippen LogP contribution >= 0.6 is 0 Å². The summed E-state index contributed by atoms with van der Waals surface area (Å²) in [6, 6.07) is 3.64. The summed E-state index contributed by atoms with van der Waals surface area (Å²) in [5, 5.41) is 9.61. The lowest BCUT2D eigenvalue weighted by Gasteiger charge is -2.48. The Morgan fingerprint density at radius 3 is 2.54 bits per heavy atom. The van der Waals surface area contributed by atoms with Gasteiger partial charge in [0.1, 0.15) is 17.8 Å². The molecular formula is C22H27NO5. The van der Waals surface area contributed by atoms with Gasteiger partial charge in [0.2, 0.25) is 0 Å². The van der Waals surface area contributed by atoms with Gasteiger partial charge in [-0.2, -0.15) is 0 Å². The molecule has 1 aromatic carbocycles. The molecule has 0 atom stereocenters. The number of rotatable bonds is 3. The lowest BCUT2D eigenvalue weighted by Crippen LogP contribution is -2.44. The fourth-order valence-corrected chi connectivity index (χ4v) is 4.51. The van der Waals surface area contributed by atoms with Gasteiger partial charge in [-0.1, -0.05) is 27.7 Å². The van der Waals surface area contributed by atoms with Gasteiger partial charge in [0.05, 0.1) is 6.61 Å². The number of hydrogen-bond acceptors (Lipinski definition) is 6. The van der Waals surface area contributed by atoms with Gasteiger partial charge in [-0.25, -0.2) is 9.59 Å². The first kappa shape index (κ1) is 19.0. The van der Waals surface area contributed by atoms with Crippen LogP contribution in [0.3, 0.4) is 0 Å². The van der Waals surface area contributed by atoms with Gasteiger partial charge < -0.3 is 19.2 Å². The van der Waals surface area contributed by atoms with E-state index < -0.39 is 11.6 Å². The van der Waals surface area contributed by atoms with Gasteiger partial charge in [0, 0.05) is 29.7 Å². The van der Waals surface area contributed by atoms with Crippen molar-refractivity contribution in [3.05, 3.63) is 39.2 Å². The van der Waals surface area contributed by atoms with E-state index in [9.17, 15) is 9.59 Å². The SMILES string of the molecule is CC1(C)CCN2CCC(C)(C)c3c2c1cc1cc(C(=O)OCCO)c(=O)oc31. The number of carbonyl (C=O) groups excluding carboxylic acids is 1. The second-order valence-electron chi connectivity index (χ2n) is 9.13. The average Bonchev–Trinajstić information content (AvgIpc) is 2.63. The number of aliphatic hydroxyl groups excluding tert-OH is 1. The number of nitrogens with zero attached hydrogens (tertiary/aromatic N) is 1. The summed E-state index contributed by atoms with van der Waals surface area (Å²) in [4.78, 5) is 27.2. The molecule has 3 heterocycles. The Labute approximate surface area is 164 Å². The lowest BCUT2D eigenvalue weighted by atomic mass is 9.69. The van der Waals surface area contributed by atoms with E-state index in [1.165, 1.54) is 11.3 Å². The predicted octanol–water partition coefficient (Wildman–Crippen LogP) is 3.11. The molecule has 0 saturated heterocycles. The number of fused-ring (bicyclic) bond motifs is 2. The summed E-state index contributed by atoms with van der Waals surface area (Å²) < 4.78 is 10.7. The molecule has 0 spiro atoms. The zero-order valence-electron chi connectivity index (χ0n) is 16.9. The average molecular weight is 385 g/mol. The molecule has 28 heavy (non-hydrogen) atoms. The van der Waals surface area contributed by atoms with Crippen LogP contribution in [0.2, 0.25) is 0 Å². The highest BCUT2D eigenvalue weighted by Gasteiger charge is 2.42. The highest BCUT2D eigenvalue weighted by molar-refractivity contribution is 5.96. The van der Waals surface area contributed by atoms with Crippen molar-refractivity contribution in [2.75, 3.05) is 31.2 Å². The van der Waals surface area contributed by atoms with Crippen LogP contribution in [0.4, 0.5) is 5.69 Å². The van der Waals surface area contributed by atoms with Crippen molar-refractivity contribution in [2.24, 2.45) is 0 Å².